The highest BCUT2D eigenvalue weighted by Crippen LogP contribution is 2.26. The predicted molar refractivity (Wildman–Crippen MR) is 60.1 cm³/mol. The van der Waals surface area contributed by atoms with Gasteiger partial charge in [-0.1, -0.05) is 18.2 Å². The van der Waals surface area contributed by atoms with E-state index in [0.29, 0.717) is 6.54 Å². The minimum Gasteiger partial charge on any atom is -0.394 e. The van der Waals surface area contributed by atoms with Crippen molar-refractivity contribution in [3.63, 3.8) is 0 Å². The molecule has 3 heteroatoms. The van der Waals surface area contributed by atoms with Crippen molar-refractivity contribution in [3.8, 4) is 0 Å². The average molecular weight is 207 g/mol. The van der Waals surface area contributed by atoms with Gasteiger partial charge in [0.1, 0.15) is 0 Å². The molecule has 0 aromatic heterocycles. The van der Waals surface area contributed by atoms with Crippen molar-refractivity contribution in [2.75, 3.05) is 24.6 Å². The number of nitrogens with zero attached hydrogens (tertiary/aromatic N) is 1. The molecule has 2 rings (SSSR count). The Morgan fingerprint density at radius 2 is 2.13 bits per heavy atom. The van der Waals surface area contributed by atoms with Gasteiger partial charge in [0.15, 0.2) is 0 Å². The minimum atomic E-state index is -0.642. The molecule has 15 heavy (non-hydrogen) atoms. The SMILES string of the molecule is OC[C@@H](O)CN1CCCc2ccccc21. The van der Waals surface area contributed by atoms with Crippen molar-refractivity contribution in [2.24, 2.45) is 0 Å². The zero-order chi connectivity index (χ0) is 10.7. The topological polar surface area (TPSA) is 43.7 Å². The molecule has 1 atom stereocenters. The van der Waals surface area contributed by atoms with E-state index in [1.807, 2.05) is 12.1 Å². The van der Waals surface area contributed by atoms with Crippen LogP contribution in [0.5, 0.6) is 0 Å². The second kappa shape index (κ2) is 4.64. The second-order valence-electron chi connectivity index (χ2n) is 4.01. The summed E-state index contributed by atoms with van der Waals surface area (Å²) in [6, 6.07) is 8.28. The van der Waals surface area contributed by atoms with Gasteiger partial charge in [0, 0.05) is 18.8 Å². The van der Waals surface area contributed by atoms with E-state index in [4.69, 9.17) is 5.11 Å². The van der Waals surface area contributed by atoms with Gasteiger partial charge in [0.2, 0.25) is 0 Å². The summed E-state index contributed by atoms with van der Waals surface area (Å²) in [6.45, 7) is 1.32. The first-order valence-corrected chi connectivity index (χ1v) is 5.43. The summed E-state index contributed by atoms with van der Waals surface area (Å²) in [5.41, 5.74) is 2.55. The first kappa shape index (κ1) is 10.5. The number of benzene rings is 1. The van der Waals surface area contributed by atoms with E-state index in [1.54, 1.807) is 0 Å². The van der Waals surface area contributed by atoms with E-state index in [0.717, 1.165) is 19.4 Å². The van der Waals surface area contributed by atoms with Crippen molar-refractivity contribution in [2.45, 2.75) is 18.9 Å². The maximum absolute atomic E-state index is 9.44. The molecule has 0 radical (unpaired) electrons. The standard InChI is InChI=1S/C12H17NO2/c14-9-11(15)8-13-7-3-5-10-4-1-2-6-12(10)13/h1-2,4,6,11,14-15H,3,5,7-9H2/t11-/m0/s1. The normalized spacial score (nSPS) is 17.3. The fourth-order valence-electron chi connectivity index (χ4n) is 2.11. The molecule has 1 aliphatic heterocycles. The number of hydrogen-bond acceptors (Lipinski definition) is 3. The van der Waals surface area contributed by atoms with Crippen molar-refractivity contribution < 1.29 is 10.2 Å². The average Bonchev–Trinajstić information content (AvgIpc) is 2.29. The number of aliphatic hydroxyl groups is 2. The Labute approximate surface area is 90.0 Å². The number of anilines is 1. The van der Waals surface area contributed by atoms with E-state index >= 15 is 0 Å². The van der Waals surface area contributed by atoms with Gasteiger partial charge in [-0.15, -0.1) is 0 Å². The summed E-state index contributed by atoms with van der Waals surface area (Å²) in [4.78, 5) is 2.15. The van der Waals surface area contributed by atoms with Crippen LogP contribution in [0.1, 0.15) is 12.0 Å². The van der Waals surface area contributed by atoms with Crippen LogP contribution in [0.25, 0.3) is 0 Å². The lowest BCUT2D eigenvalue weighted by atomic mass is 10.0. The number of β-amino-alcohol motifs (C(OH)–C–C–N with tert-alkyl or cyclic N) is 1. The highest BCUT2D eigenvalue weighted by atomic mass is 16.3. The maximum atomic E-state index is 9.44. The molecule has 1 aromatic rings. The van der Waals surface area contributed by atoms with Crippen LogP contribution in [0.15, 0.2) is 24.3 Å². The molecule has 0 aliphatic carbocycles. The summed E-state index contributed by atoms with van der Waals surface area (Å²) >= 11 is 0. The van der Waals surface area contributed by atoms with Crippen LogP contribution >= 0.6 is 0 Å². The lowest BCUT2D eigenvalue weighted by Gasteiger charge is -2.32. The monoisotopic (exact) mass is 207 g/mol. The van der Waals surface area contributed by atoms with E-state index < -0.39 is 6.10 Å². The molecule has 0 unspecified atom stereocenters. The number of aryl methyl sites for hydroxylation is 1. The molecule has 0 saturated carbocycles. The number of para-hydroxylation sites is 1. The molecule has 0 fully saturated rings. The third kappa shape index (κ3) is 2.30. The minimum absolute atomic E-state index is 0.168. The van der Waals surface area contributed by atoms with E-state index in [2.05, 4.69) is 17.0 Å². The van der Waals surface area contributed by atoms with E-state index in [9.17, 15) is 5.11 Å². The molecule has 2 N–H and O–H groups in total. The zero-order valence-corrected chi connectivity index (χ0v) is 8.76. The van der Waals surface area contributed by atoms with Gasteiger partial charge in [0.05, 0.1) is 12.7 Å². The first-order valence-electron chi connectivity index (χ1n) is 5.43. The Hall–Kier alpha value is -1.06. The Morgan fingerprint density at radius 3 is 2.93 bits per heavy atom. The fraction of sp³-hybridized carbons (Fsp3) is 0.500. The zero-order valence-electron chi connectivity index (χ0n) is 8.76. The molecule has 0 saturated heterocycles. The maximum Gasteiger partial charge on any atom is 0.0945 e. The Bertz CT molecular complexity index is 327. The third-order valence-electron chi connectivity index (χ3n) is 2.85. The van der Waals surface area contributed by atoms with Gasteiger partial charge in [-0.2, -0.15) is 0 Å². The second-order valence-corrected chi connectivity index (χ2v) is 4.01. The molecule has 3 nitrogen and oxygen atoms in total. The van der Waals surface area contributed by atoms with E-state index in [-0.39, 0.29) is 6.61 Å². The number of hydrogen-bond donors (Lipinski definition) is 2. The first-order chi connectivity index (χ1) is 7.31. The van der Waals surface area contributed by atoms with Crippen molar-refractivity contribution in [1.29, 1.82) is 0 Å². The smallest absolute Gasteiger partial charge is 0.0945 e. The molecule has 1 aromatic carbocycles. The molecular weight excluding hydrogens is 190 g/mol. The highest BCUT2D eigenvalue weighted by Gasteiger charge is 2.18. The van der Waals surface area contributed by atoms with Crippen molar-refractivity contribution >= 4 is 5.69 Å². The molecule has 0 amide bonds. The summed E-state index contributed by atoms with van der Waals surface area (Å²) in [6.07, 6.45) is 1.59. The molecule has 1 aliphatic rings. The molecular formula is C12H17NO2. The van der Waals surface area contributed by atoms with Crippen molar-refractivity contribution in [1.82, 2.24) is 0 Å². The van der Waals surface area contributed by atoms with E-state index in [1.165, 1.54) is 11.3 Å². The van der Waals surface area contributed by atoms with Crippen LogP contribution in [0, 0.1) is 0 Å². The summed E-state index contributed by atoms with van der Waals surface area (Å²) in [7, 11) is 0. The van der Waals surface area contributed by atoms with Gasteiger partial charge in [-0.25, -0.2) is 0 Å². The molecule has 0 spiro atoms. The lowest BCUT2D eigenvalue weighted by molar-refractivity contribution is 0.0996. The van der Waals surface area contributed by atoms with Crippen LogP contribution in [0.2, 0.25) is 0 Å². The lowest BCUT2D eigenvalue weighted by Crippen LogP contribution is -2.37. The Kier molecular flexibility index (Phi) is 3.23. The van der Waals surface area contributed by atoms with Gasteiger partial charge >= 0.3 is 0 Å². The summed E-state index contributed by atoms with van der Waals surface area (Å²) in [5, 5.41) is 18.3. The quantitative estimate of drug-likeness (QED) is 0.770. The molecule has 82 valence electrons. The molecule has 1 heterocycles. The highest BCUT2D eigenvalue weighted by molar-refractivity contribution is 5.55. The Morgan fingerprint density at radius 1 is 1.33 bits per heavy atom. The largest absolute Gasteiger partial charge is 0.394 e. The third-order valence-corrected chi connectivity index (χ3v) is 2.85. The Balaban J connectivity index is 2.15. The molecule has 0 bridgehead atoms. The fourth-order valence-corrected chi connectivity index (χ4v) is 2.11. The van der Waals surface area contributed by atoms with Gasteiger partial charge < -0.3 is 15.1 Å². The number of fused-ring (bicyclic) bond motifs is 1. The van der Waals surface area contributed by atoms with Crippen LogP contribution < -0.4 is 4.90 Å². The predicted octanol–water partition coefficient (Wildman–Crippen LogP) is 0.792. The number of rotatable bonds is 3. The van der Waals surface area contributed by atoms with Crippen molar-refractivity contribution in [3.05, 3.63) is 29.8 Å². The van der Waals surface area contributed by atoms with Gasteiger partial charge in [-0.3, -0.25) is 0 Å². The van der Waals surface area contributed by atoms with Gasteiger partial charge in [0.25, 0.3) is 0 Å². The van der Waals surface area contributed by atoms with Crippen LogP contribution in [0.4, 0.5) is 5.69 Å². The van der Waals surface area contributed by atoms with Gasteiger partial charge in [-0.05, 0) is 24.5 Å². The summed E-state index contributed by atoms with van der Waals surface area (Å²) < 4.78 is 0. The number of aliphatic hydroxyl groups excluding tert-OH is 2. The van der Waals surface area contributed by atoms with Crippen LogP contribution in [0.3, 0.4) is 0 Å². The summed E-state index contributed by atoms with van der Waals surface area (Å²) in [5.74, 6) is 0. The van der Waals surface area contributed by atoms with Crippen LogP contribution in [-0.2, 0) is 6.42 Å². The van der Waals surface area contributed by atoms with Crippen LogP contribution in [-0.4, -0.2) is 36.0 Å².